The van der Waals surface area contributed by atoms with Crippen molar-refractivity contribution in [3.8, 4) is 5.69 Å². The molecule has 0 bridgehead atoms. The highest BCUT2D eigenvalue weighted by Gasteiger charge is 2.41. The number of aliphatic hydroxyl groups excluding tert-OH is 1. The first-order valence-electron chi connectivity index (χ1n) is 7.79. The molecule has 0 saturated heterocycles. The fourth-order valence-electron chi connectivity index (χ4n) is 3.28. The molecule has 2 aromatic carbocycles. The molecule has 1 aliphatic heterocycles. The summed E-state index contributed by atoms with van der Waals surface area (Å²) in [4.78, 5) is 25.4. The van der Waals surface area contributed by atoms with Crippen LogP contribution >= 0.6 is 0 Å². The molecule has 2 heterocycles. The third-order valence-corrected chi connectivity index (χ3v) is 5.83. The first-order valence-corrected chi connectivity index (χ1v) is 8.94. The fourth-order valence-corrected chi connectivity index (χ4v) is 4.67. The molecule has 1 unspecified atom stereocenters. The van der Waals surface area contributed by atoms with Gasteiger partial charge in [-0.05, 0) is 24.3 Å². The molecule has 1 aliphatic rings. The van der Waals surface area contributed by atoms with Gasteiger partial charge in [0.15, 0.2) is 9.79 Å². The minimum absolute atomic E-state index is 0.0449. The smallest absolute Gasteiger partial charge is 0.418 e. The van der Waals surface area contributed by atoms with Crippen molar-refractivity contribution in [2.45, 2.75) is 22.5 Å². The van der Waals surface area contributed by atoms with Crippen molar-refractivity contribution in [2.24, 2.45) is 0 Å². The van der Waals surface area contributed by atoms with E-state index in [0.717, 1.165) is 16.7 Å². The van der Waals surface area contributed by atoms with Crippen molar-refractivity contribution in [3.05, 3.63) is 62.8 Å². The zero-order chi connectivity index (χ0) is 19.5. The van der Waals surface area contributed by atoms with E-state index in [1.54, 1.807) is 0 Å². The molecule has 0 fully saturated rings. The summed E-state index contributed by atoms with van der Waals surface area (Å²) in [5, 5.41) is 9.11. The second kappa shape index (κ2) is 5.98. The van der Waals surface area contributed by atoms with Crippen LogP contribution in [0.5, 0.6) is 0 Å². The fraction of sp³-hybridized carbons (Fsp3) is 0.176. The molecule has 0 amide bonds. The van der Waals surface area contributed by atoms with Crippen LogP contribution in [0.1, 0.15) is 5.56 Å². The van der Waals surface area contributed by atoms with E-state index < -0.39 is 46.5 Å². The maximum atomic E-state index is 13.6. The van der Waals surface area contributed by atoms with Gasteiger partial charge in [0.1, 0.15) is 11.2 Å². The van der Waals surface area contributed by atoms with E-state index in [4.69, 9.17) is 5.11 Å². The predicted molar refractivity (Wildman–Crippen MR) is 90.6 cm³/mol. The second-order valence-electron chi connectivity index (χ2n) is 5.87. The molecule has 1 atom stereocenters. The Labute approximate surface area is 152 Å². The van der Waals surface area contributed by atoms with Gasteiger partial charge in [0.25, 0.3) is 5.56 Å². The molecule has 0 radical (unpaired) electrons. The third-order valence-electron chi connectivity index (χ3n) is 4.37. The molecule has 1 aromatic heterocycles. The van der Waals surface area contributed by atoms with Gasteiger partial charge in [-0.3, -0.25) is 13.9 Å². The number of benzene rings is 2. The molecule has 4 rings (SSSR count). The van der Waals surface area contributed by atoms with E-state index in [9.17, 15) is 27.3 Å². The Morgan fingerprint density at radius 1 is 1.07 bits per heavy atom. The Morgan fingerprint density at radius 2 is 1.74 bits per heavy atom. The van der Waals surface area contributed by atoms with Gasteiger partial charge in [-0.1, -0.05) is 12.1 Å². The Morgan fingerprint density at radius 3 is 2.41 bits per heavy atom. The molecule has 0 saturated carbocycles. The van der Waals surface area contributed by atoms with Crippen LogP contribution in [0.2, 0.25) is 0 Å². The maximum absolute atomic E-state index is 13.6. The number of fused-ring (bicyclic) bond motifs is 2. The van der Waals surface area contributed by atoms with Crippen molar-refractivity contribution in [3.63, 3.8) is 0 Å². The minimum Gasteiger partial charge on any atom is -0.606 e. The SMILES string of the molecule is O=c1c2cccc3c2n(c(=O)n1CCO)-c1c(cccc1C(F)(F)F)[S+]3[O-]. The molecule has 1 N–H and O–H groups in total. The number of rotatable bonds is 2. The van der Waals surface area contributed by atoms with Crippen molar-refractivity contribution < 1.29 is 22.8 Å². The lowest BCUT2D eigenvalue weighted by atomic mass is 10.1. The summed E-state index contributed by atoms with van der Waals surface area (Å²) in [6.45, 7) is -0.912. The predicted octanol–water partition coefficient (Wildman–Crippen LogP) is 1.64. The van der Waals surface area contributed by atoms with Crippen molar-refractivity contribution in [1.82, 2.24) is 9.13 Å². The minimum atomic E-state index is -4.80. The molecule has 0 aliphatic carbocycles. The quantitative estimate of drug-likeness (QED) is 0.668. The number of hydrogen-bond acceptors (Lipinski definition) is 4. The summed E-state index contributed by atoms with van der Waals surface area (Å²) in [7, 11) is 0. The molecule has 6 nitrogen and oxygen atoms in total. The first kappa shape index (κ1) is 17.8. The lowest BCUT2D eigenvalue weighted by Gasteiger charge is -2.26. The van der Waals surface area contributed by atoms with Crippen LogP contribution < -0.4 is 11.2 Å². The topological polar surface area (TPSA) is 87.3 Å². The zero-order valence-electron chi connectivity index (χ0n) is 13.5. The van der Waals surface area contributed by atoms with Crippen molar-refractivity contribution in [1.29, 1.82) is 0 Å². The first-order chi connectivity index (χ1) is 12.8. The standard InChI is InChI=1S/C17H11F3N2O4S/c18-17(19,20)10-4-2-6-12-14(10)22-13-9(3-1-5-11(13)27(12)26)15(24)21(7-8-23)16(22)25/h1-6,23H,7-8H2. The van der Waals surface area contributed by atoms with Gasteiger partial charge >= 0.3 is 11.9 Å². The van der Waals surface area contributed by atoms with Crippen LogP contribution in [0.3, 0.4) is 0 Å². The normalized spacial score (nSPS) is 15.8. The van der Waals surface area contributed by atoms with Gasteiger partial charge in [0, 0.05) is 11.2 Å². The lowest BCUT2D eigenvalue weighted by molar-refractivity contribution is -0.137. The Bertz CT molecular complexity index is 1200. The van der Waals surface area contributed by atoms with Crippen LogP contribution in [-0.4, -0.2) is 25.4 Å². The highest BCUT2D eigenvalue weighted by Crippen LogP contribution is 2.42. The highest BCUT2D eigenvalue weighted by atomic mass is 32.2. The Hall–Kier alpha value is -2.56. The number of alkyl halides is 3. The van der Waals surface area contributed by atoms with E-state index >= 15 is 0 Å². The van der Waals surface area contributed by atoms with Gasteiger partial charge in [-0.15, -0.1) is 0 Å². The molecular formula is C17H11F3N2O4S. The number of hydrogen-bond donors (Lipinski definition) is 1. The summed E-state index contributed by atoms with van der Waals surface area (Å²) in [5.41, 5.74) is -3.57. The zero-order valence-corrected chi connectivity index (χ0v) is 14.3. The molecule has 3 aromatic rings. The molecule has 0 spiro atoms. The van der Waals surface area contributed by atoms with Gasteiger partial charge in [-0.25, -0.2) is 4.79 Å². The van der Waals surface area contributed by atoms with Crippen molar-refractivity contribution in [2.75, 3.05) is 6.61 Å². The van der Waals surface area contributed by atoms with E-state index in [2.05, 4.69) is 0 Å². The van der Waals surface area contributed by atoms with Crippen LogP contribution in [0, 0.1) is 0 Å². The van der Waals surface area contributed by atoms with Gasteiger partial charge in [0.2, 0.25) is 0 Å². The number of nitrogens with zero attached hydrogens (tertiary/aromatic N) is 2. The average Bonchev–Trinajstić information content (AvgIpc) is 2.63. The number of para-hydroxylation sites is 2. The summed E-state index contributed by atoms with van der Waals surface area (Å²) in [6, 6.07) is 7.39. The van der Waals surface area contributed by atoms with Gasteiger partial charge in [-0.2, -0.15) is 13.2 Å². The monoisotopic (exact) mass is 396 g/mol. The van der Waals surface area contributed by atoms with E-state index in [-0.39, 0.29) is 27.2 Å². The van der Waals surface area contributed by atoms with Crippen LogP contribution in [0.15, 0.2) is 55.8 Å². The molecule has 27 heavy (non-hydrogen) atoms. The van der Waals surface area contributed by atoms with Crippen molar-refractivity contribution >= 4 is 22.1 Å². The van der Waals surface area contributed by atoms with Crippen LogP contribution in [-0.2, 0) is 23.9 Å². The van der Waals surface area contributed by atoms with Gasteiger partial charge < -0.3 is 9.66 Å². The maximum Gasteiger partial charge on any atom is 0.418 e. The van der Waals surface area contributed by atoms with Gasteiger partial charge in [0.05, 0.1) is 24.1 Å². The third kappa shape index (κ3) is 2.44. The number of aliphatic hydroxyl groups is 1. The number of halogens is 3. The largest absolute Gasteiger partial charge is 0.606 e. The summed E-state index contributed by atoms with van der Waals surface area (Å²) >= 11 is -1.99. The lowest BCUT2D eigenvalue weighted by Crippen LogP contribution is -2.42. The van der Waals surface area contributed by atoms with E-state index in [1.807, 2.05) is 0 Å². The second-order valence-corrected chi connectivity index (χ2v) is 7.29. The average molecular weight is 396 g/mol. The number of aromatic nitrogens is 2. The van der Waals surface area contributed by atoms with E-state index in [1.165, 1.54) is 24.3 Å². The molecule has 140 valence electrons. The summed E-state index contributed by atoms with van der Waals surface area (Å²) in [6.07, 6.45) is -4.80. The molecular weight excluding hydrogens is 385 g/mol. The summed E-state index contributed by atoms with van der Waals surface area (Å²) < 4.78 is 55.1. The highest BCUT2D eigenvalue weighted by molar-refractivity contribution is 7.92. The van der Waals surface area contributed by atoms with E-state index in [0.29, 0.717) is 4.57 Å². The Balaban J connectivity index is 2.29. The van der Waals surface area contributed by atoms with Crippen LogP contribution in [0.4, 0.5) is 13.2 Å². The van der Waals surface area contributed by atoms with Crippen LogP contribution in [0.25, 0.3) is 16.6 Å². The summed E-state index contributed by atoms with van der Waals surface area (Å²) in [5.74, 6) is 0. The Kier molecular flexibility index (Phi) is 3.95. The molecule has 10 heteroatoms.